The topological polar surface area (TPSA) is 113 Å². The SMILES string of the molecule is COc1ccc(C(=O)O)cc1S(=O)(=O)NCCO. The summed E-state index contributed by atoms with van der Waals surface area (Å²) in [5, 5.41) is 17.4. The Morgan fingerprint density at radius 3 is 2.61 bits per heavy atom. The molecule has 0 aromatic heterocycles. The zero-order valence-electron chi connectivity index (χ0n) is 9.58. The van der Waals surface area contributed by atoms with Gasteiger partial charge in [0.15, 0.2) is 0 Å². The summed E-state index contributed by atoms with van der Waals surface area (Å²) in [6.07, 6.45) is 0. The molecule has 1 rings (SSSR count). The highest BCUT2D eigenvalue weighted by Crippen LogP contribution is 2.24. The maximum absolute atomic E-state index is 11.9. The summed E-state index contributed by atoms with van der Waals surface area (Å²) in [6.45, 7) is -0.525. The van der Waals surface area contributed by atoms with Crippen LogP contribution in [0.5, 0.6) is 5.75 Å². The number of hydrogen-bond donors (Lipinski definition) is 3. The second kappa shape index (κ2) is 5.80. The number of carbonyl (C=O) groups is 1. The van der Waals surface area contributed by atoms with Gasteiger partial charge in [-0.15, -0.1) is 0 Å². The molecule has 1 aromatic carbocycles. The third-order valence-electron chi connectivity index (χ3n) is 2.10. The minimum absolute atomic E-state index is 0.0328. The fourth-order valence-corrected chi connectivity index (χ4v) is 2.49. The highest BCUT2D eigenvalue weighted by Gasteiger charge is 2.20. The van der Waals surface area contributed by atoms with Gasteiger partial charge in [0.1, 0.15) is 10.6 Å². The lowest BCUT2D eigenvalue weighted by Crippen LogP contribution is -2.27. The average molecular weight is 275 g/mol. The Balaban J connectivity index is 3.27. The van der Waals surface area contributed by atoms with Gasteiger partial charge in [-0.25, -0.2) is 17.9 Å². The molecule has 100 valence electrons. The van der Waals surface area contributed by atoms with Crippen molar-refractivity contribution in [3.05, 3.63) is 23.8 Å². The molecule has 0 amide bonds. The predicted molar refractivity (Wildman–Crippen MR) is 62.2 cm³/mol. The van der Waals surface area contributed by atoms with Gasteiger partial charge in [-0.05, 0) is 18.2 Å². The Kier molecular flexibility index (Phi) is 4.65. The number of sulfonamides is 1. The molecule has 18 heavy (non-hydrogen) atoms. The highest BCUT2D eigenvalue weighted by atomic mass is 32.2. The maximum Gasteiger partial charge on any atom is 0.335 e. The van der Waals surface area contributed by atoms with Gasteiger partial charge in [0, 0.05) is 6.54 Å². The van der Waals surface area contributed by atoms with Crippen molar-refractivity contribution in [3.8, 4) is 5.75 Å². The number of hydrogen-bond acceptors (Lipinski definition) is 5. The summed E-state index contributed by atoms with van der Waals surface area (Å²) in [5.74, 6) is -1.21. The maximum atomic E-state index is 11.9. The van der Waals surface area contributed by atoms with Gasteiger partial charge in [0.25, 0.3) is 0 Å². The van der Waals surface area contributed by atoms with Crippen LogP contribution in [-0.4, -0.2) is 44.9 Å². The minimum atomic E-state index is -3.92. The van der Waals surface area contributed by atoms with Crippen LogP contribution in [0.3, 0.4) is 0 Å². The number of aromatic carboxylic acids is 1. The molecule has 8 heteroatoms. The summed E-state index contributed by atoms with van der Waals surface area (Å²) in [4.78, 5) is 10.5. The molecule has 0 radical (unpaired) electrons. The first kappa shape index (κ1) is 14.4. The number of carboxylic acids is 1. The van der Waals surface area contributed by atoms with E-state index in [1.807, 2.05) is 0 Å². The molecule has 0 spiro atoms. The van der Waals surface area contributed by atoms with Gasteiger partial charge in [-0.2, -0.15) is 0 Å². The number of nitrogens with one attached hydrogen (secondary N) is 1. The van der Waals surface area contributed by atoms with E-state index in [1.54, 1.807) is 0 Å². The van der Waals surface area contributed by atoms with E-state index in [4.69, 9.17) is 14.9 Å². The Labute approximate surface area is 104 Å². The molecule has 0 aliphatic heterocycles. The summed E-state index contributed by atoms with van der Waals surface area (Å²) in [5.41, 5.74) is -0.167. The van der Waals surface area contributed by atoms with E-state index in [1.165, 1.54) is 19.2 Å². The van der Waals surface area contributed by atoms with Gasteiger partial charge in [0.05, 0.1) is 19.3 Å². The lowest BCUT2D eigenvalue weighted by Gasteiger charge is -2.10. The summed E-state index contributed by atoms with van der Waals surface area (Å²) < 4.78 is 30.7. The van der Waals surface area contributed by atoms with E-state index in [2.05, 4.69) is 4.72 Å². The van der Waals surface area contributed by atoms with Crippen LogP contribution in [0.15, 0.2) is 23.1 Å². The smallest absolute Gasteiger partial charge is 0.335 e. The largest absolute Gasteiger partial charge is 0.495 e. The molecular weight excluding hydrogens is 262 g/mol. The van der Waals surface area contributed by atoms with E-state index in [0.717, 1.165) is 6.07 Å². The molecule has 0 aliphatic rings. The molecule has 7 nitrogen and oxygen atoms in total. The molecule has 0 unspecified atom stereocenters. The van der Waals surface area contributed by atoms with Gasteiger partial charge < -0.3 is 14.9 Å². The van der Waals surface area contributed by atoms with Crippen molar-refractivity contribution in [2.24, 2.45) is 0 Å². The number of carboxylic acid groups (broad SMARTS) is 1. The van der Waals surface area contributed by atoms with Crippen molar-refractivity contribution < 1.29 is 28.2 Å². The second-order valence-corrected chi connectivity index (χ2v) is 5.03. The van der Waals surface area contributed by atoms with Crippen molar-refractivity contribution in [3.63, 3.8) is 0 Å². The minimum Gasteiger partial charge on any atom is -0.495 e. The van der Waals surface area contributed by atoms with Gasteiger partial charge in [0.2, 0.25) is 10.0 Å². The summed E-state index contributed by atoms with van der Waals surface area (Å²) >= 11 is 0. The normalized spacial score (nSPS) is 11.2. The van der Waals surface area contributed by atoms with Crippen LogP contribution < -0.4 is 9.46 Å². The molecule has 0 saturated heterocycles. The zero-order valence-corrected chi connectivity index (χ0v) is 10.4. The first-order valence-corrected chi connectivity index (χ1v) is 6.42. The molecule has 0 aliphatic carbocycles. The van der Waals surface area contributed by atoms with Gasteiger partial charge in [-0.1, -0.05) is 0 Å². The Bertz CT molecular complexity index is 539. The van der Waals surface area contributed by atoms with Crippen molar-refractivity contribution in [2.45, 2.75) is 4.90 Å². The van der Waals surface area contributed by atoms with Gasteiger partial charge >= 0.3 is 5.97 Å². The van der Waals surface area contributed by atoms with E-state index >= 15 is 0 Å². The van der Waals surface area contributed by atoms with Crippen LogP contribution in [0.25, 0.3) is 0 Å². The molecule has 0 saturated carbocycles. The van der Waals surface area contributed by atoms with Crippen LogP contribution >= 0.6 is 0 Å². The molecule has 0 bridgehead atoms. The van der Waals surface area contributed by atoms with Crippen LogP contribution in [-0.2, 0) is 10.0 Å². The lowest BCUT2D eigenvalue weighted by atomic mass is 10.2. The van der Waals surface area contributed by atoms with E-state index < -0.39 is 16.0 Å². The van der Waals surface area contributed by atoms with Crippen LogP contribution in [0, 0.1) is 0 Å². The Morgan fingerprint density at radius 1 is 1.44 bits per heavy atom. The van der Waals surface area contributed by atoms with Crippen molar-refractivity contribution in [2.75, 3.05) is 20.3 Å². The van der Waals surface area contributed by atoms with Gasteiger partial charge in [-0.3, -0.25) is 0 Å². The fourth-order valence-electron chi connectivity index (χ4n) is 1.28. The summed E-state index contributed by atoms with van der Waals surface area (Å²) in [6, 6.07) is 3.50. The van der Waals surface area contributed by atoms with Crippen LogP contribution in [0.2, 0.25) is 0 Å². The number of ether oxygens (including phenoxy) is 1. The number of benzene rings is 1. The number of aliphatic hydroxyl groups is 1. The van der Waals surface area contributed by atoms with Crippen LogP contribution in [0.1, 0.15) is 10.4 Å². The third kappa shape index (κ3) is 3.19. The Morgan fingerprint density at radius 2 is 2.11 bits per heavy atom. The highest BCUT2D eigenvalue weighted by molar-refractivity contribution is 7.89. The first-order chi connectivity index (χ1) is 8.42. The number of rotatable bonds is 6. The molecular formula is C10H13NO6S. The molecule has 3 N–H and O–H groups in total. The Hall–Kier alpha value is -1.64. The monoisotopic (exact) mass is 275 g/mol. The van der Waals surface area contributed by atoms with Crippen molar-refractivity contribution >= 4 is 16.0 Å². The number of aliphatic hydroxyl groups excluding tert-OH is 1. The molecule has 0 fully saturated rings. The third-order valence-corrected chi connectivity index (χ3v) is 3.59. The first-order valence-electron chi connectivity index (χ1n) is 4.94. The predicted octanol–water partition coefficient (Wildman–Crippen LogP) is -0.336. The summed E-state index contributed by atoms with van der Waals surface area (Å²) in [7, 11) is -2.64. The molecule has 0 atom stereocenters. The van der Waals surface area contributed by atoms with E-state index in [-0.39, 0.29) is 29.4 Å². The average Bonchev–Trinajstić information content (AvgIpc) is 2.35. The van der Waals surface area contributed by atoms with Crippen molar-refractivity contribution in [1.29, 1.82) is 0 Å². The van der Waals surface area contributed by atoms with Crippen LogP contribution in [0.4, 0.5) is 0 Å². The molecule has 0 heterocycles. The van der Waals surface area contributed by atoms with E-state index in [9.17, 15) is 13.2 Å². The van der Waals surface area contributed by atoms with E-state index in [0.29, 0.717) is 0 Å². The molecule has 1 aromatic rings. The van der Waals surface area contributed by atoms with Crippen molar-refractivity contribution in [1.82, 2.24) is 4.72 Å². The lowest BCUT2D eigenvalue weighted by molar-refractivity contribution is 0.0696. The number of methoxy groups -OCH3 is 1. The zero-order chi connectivity index (χ0) is 13.8. The quantitative estimate of drug-likeness (QED) is 0.655. The fraction of sp³-hybridized carbons (Fsp3) is 0.300. The standard InChI is InChI=1S/C10H13NO6S/c1-17-8-3-2-7(10(13)14)6-9(8)18(15,16)11-4-5-12/h2-3,6,11-12H,4-5H2,1H3,(H,13,14). The second-order valence-electron chi connectivity index (χ2n) is 3.29.